The van der Waals surface area contributed by atoms with Gasteiger partial charge in [0.2, 0.25) is 0 Å². The third kappa shape index (κ3) is 2.47. The highest BCUT2D eigenvalue weighted by molar-refractivity contribution is 7.28. The highest BCUT2D eigenvalue weighted by Crippen LogP contribution is 2.16. The average molecular weight is 244 g/mol. The number of nitrogens with one attached hydrogen (secondary N) is 1. The zero-order valence-corrected chi connectivity index (χ0v) is 10.8. The van der Waals surface area contributed by atoms with Crippen molar-refractivity contribution in [2.75, 3.05) is 31.1 Å². The zero-order valence-electron chi connectivity index (χ0n) is 8.46. The van der Waals surface area contributed by atoms with Crippen molar-refractivity contribution < 1.29 is 4.39 Å². The molecule has 0 spiro atoms. The number of hydrogen-bond donors (Lipinski definition) is 1. The van der Waals surface area contributed by atoms with Crippen LogP contribution in [-0.4, -0.2) is 26.2 Å². The van der Waals surface area contributed by atoms with Gasteiger partial charge < -0.3 is 10.2 Å². The van der Waals surface area contributed by atoms with Gasteiger partial charge in [0.25, 0.3) is 0 Å². The summed E-state index contributed by atoms with van der Waals surface area (Å²) >= 11 is 0. The van der Waals surface area contributed by atoms with E-state index < -0.39 is 0 Å². The van der Waals surface area contributed by atoms with Crippen LogP contribution in [0.3, 0.4) is 0 Å². The van der Waals surface area contributed by atoms with Crippen LogP contribution in [0.5, 0.6) is 0 Å². The topological polar surface area (TPSA) is 15.3 Å². The van der Waals surface area contributed by atoms with Crippen LogP contribution in [0, 0.1) is 5.82 Å². The minimum Gasteiger partial charge on any atom is -0.368 e. The van der Waals surface area contributed by atoms with Crippen molar-refractivity contribution in [3.63, 3.8) is 0 Å². The van der Waals surface area contributed by atoms with Crippen molar-refractivity contribution in [2.24, 2.45) is 0 Å². The number of rotatable bonds is 1. The third-order valence-electron chi connectivity index (χ3n) is 2.60. The number of piperazine rings is 1. The van der Waals surface area contributed by atoms with Crippen molar-refractivity contribution >= 4 is 34.8 Å². The second-order valence-corrected chi connectivity index (χ2v) is 4.91. The monoisotopic (exact) mass is 244 g/mol. The number of halogens is 1. The van der Waals surface area contributed by atoms with Gasteiger partial charge in [0, 0.05) is 37.2 Å². The molecule has 82 valence electrons. The van der Waals surface area contributed by atoms with E-state index in [2.05, 4.69) is 28.7 Å². The lowest BCUT2D eigenvalue weighted by Crippen LogP contribution is -2.44. The highest BCUT2D eigenvalue weighted by Gasteiger charge is 2.14. The summed E-state index contributed by atoms with van der Waals surface area (Å²) in [4.78, 5) is 2.28. The number of nitrogens with zero attached hydrogens (tertiary/aromatic N) is 1. The molecule has 1 aliphatic rings. The maximum atomic E-state index is 13.3. The summed E-state index contributed by atoms with van der Waals surface area (Å²) in [6.07, 6.45) is 0. The molecule has 0 aromatic heterocycles. The zero-order chi connectivity index (χ0) is 10.8. The first-order valence-electron chi connectivity index (χ1n) is 4.98. The van der Waals surface area contributed by atoms with Gasteiger partial charge in [-0.15, -0.1) is 18.5 Å². The Kier molecular flexibility index (Phi) is 3.56. The molecule has 1 heterocycles. The normalized spacial score (nSPS) is 16.9. The van der Waals surface area contributed by atoms with Crippen molar-refractivity contribution in [1.29, 1.82) is 0 Å². The van der Waals surface area contributed by atoms with Gasteiger partial charge in [-0.2, -0.15) is 0 Å². The van der Waals surface area contributed by atoms with Crippen LogP contribution < -0.4 is 20.8 Å². The smallest absolute Gasteiger partial charge is 0.131 e. The third-order valence-corrected chi connectivity index (χ3v) is 3.51. The lowest BCUT2D eigenvalue weighted by Gasteiger charge is -2.30. The molecule has 0 saturated carbocycles. The van der Waals surface area contributed by atoms with Gasteiger partial charge in [-0.05, 0) is 17.4 Å². The Morgan fingerprint density at radius 1 is 1.13 bits per heavy atom. The second-order valence-electron chi connectivity index (χ2n) is 3.67. The van der Waals surface area contributed by atoms with Crippen molar-refractivity contribution in [2.45, 2.75) is 0 Å². The SMILES string of the molecule is Fc1cc(P)c(N2CCNCC2)cc1P. The standard InChI is InChI=1S/C10H15FN2P2/c11-7-5-10(15)8(6-9(7)14)13-3-1-12-2-4-13/h5-6,12H,1-4,14-15H2. The minimum absolute atomic E-state index is 0.163. The average Bonchev–Trinajstić information content (AvgIpc) is 2.25. The number of anilines is 1. The lowest BCUT2D eigenvalue weighted by atomic mass is 10.2. The van der Waals surface area contributed by atoms with E-state index in [1.165, 1.54) is 0 Å². The molecule has 5 heteroatoms. The van der Waals surface area contributed by atoms with E-state index in [9.17, 15) is 4.39 Å². The van der Waals surface area contributed by atoms with E-state index in [-0.39, 0.29) is 5.82 Å². The predicted octanol–water partition coefficient (Wildman–Crippen LogP) is 0.236. The Morgan fingerprint density at radius 2 is 1.80 bits per heavy atom. The summed E-state index contributed by atoms with van der Waals surface area (Å²) in [7, 11) is 5.04. The first-order chi connectivity index (χ1) is 7.18. The van der Waals surface area contributed by atoms with Crippen LogP contribution in [0.25, 0.3) is 0 Å². The molecule has 1 aliphatic heterocycles. The fourth-order valence-corrected chi connectivity index (χ4v) is 2.43. The van der Waals surface area contributed by atoms with Crippen LogP contribution in [0.4, 0.5) is 10.1 Å². The van der Waals surface area contributed by atoms with Gasteiger partial charge in [0.05, 0.1) is 0 Å². The van der Waals surface area contributed by atoms with Gasteiger partial charge in [-0.25, -0.2) is 4.39 Å². The van der Waals surface area contributed by atoms with Gasteiger partial charge >= 0.3 is 0 Å². The van der Waals surface area contributed by atoms with Crippen molar-refractivity contribution in [1.82, 2.24) is 5.32 Å². The molecule has 2 rings (SSSR count). The molecule has 0 amide bonds. The summed E-state index contributed by atoms with van der Waals surface area (Å²) in [6.45, 7) is 3.95. The summed E-state index contributed by atoms with van der Waals surface area (Å²) in [6, 6.07) is 3.47. The quantitative estimate of drug-likeness (QED) is 0.712. The molecule has 1 saturated heterocycles. The molecule has 15 heavy (non-hydrogen) atoms. The van der Waals surface area contributed by atoms with Crippen LogP contribution in [-0.2, 0) is 0 Å². The first kappa shape index (κ1) is 11.3. The fraction of sp³-hybridized carbons (Fsp3) is 0.400. The van der Waals surface area contributed by atoms with E-state index in [0.717, 1.165) is 37.2 Å². The van der Waals surface area contributed by atoms with Crippen molar-refractivity contribution in [3.05, 3.63) is 17.9 Å². The molecular formula is C10H15FN2P2. The molecule has 2 atom stereocenters. The largest absolute Gasteiger partial charge is 0.368 e. The molecule has 1 fully saturated rings. The Balaban J connectivity index is 2.30. The van der Waals surface area contributed by atoms with Crippen LogP contribution in [0.15, 0.2) is 12.1 Å². The second kappa shape index (κ2) is 4.74. The number of hydrogen-bond acceptors (Lipinski definition) is 2. The minimum atomic E-state index is -0.163. The summed E-state index contributed by atoms with van der Waals surface area (Å²) < 4.78 is 13.3. The summed E-state index contributed by atoms with van der Waals surface area (Å²) in [5.74, 6) is -0.163. The van der Waals surface area contributed by atoms with E-state index >= 15 is 0 Å². The molecular weight excluding hydrogens is 229 g/mol. The van der Waals surface area contributed by atoms with Crippen LogP contribution >= 0.6 is 18.5 Å². The highest BCUT2D eigenvalue weighted by atomic mass is 31.0. The number of benzene rings is 1. The molecule has 1 N–H and O–H groups in total. The van der Waals surface area contributed by atoms with E-state index in [4.69, 9.17) is 0 Å². The van der Waals surface area contributed by atoms with Crippen molar-refractivity contribution in [3.8, 4) is 0 Å². The Labute approximate surface area is 94.0 Å². The Morgan fingerprint density at radius 3 is 2.47 bits per heavy atom. The molecule has 0 aliphatic carbocycles. The molecule has 0 radical (unpaired) electrons. The van der Waals surface area contributed by atoms with E-state index in [1.807, 2.05) is 6.07 Å². The van der Waals surface area contributed by atoms with E-state index in [1.54, 1.807) is 6.07 Å². The fourth-order valence-electron chi connectivity index (χ4n) is 1.77. The molecule has 1 aromatic carbocycles. The van der Waals surface area contributed by atoms with Crippen LogP contribution in [0.1, 0.15) is 0 Å². The molecule has 0 bridgehead atoms. The Hall–Kier alpha value is -0.230. The maximum absolute atomic E-state index is 13.3. The predicted molar refractivity (Wildman–Crippen MR) is 70.2 cm³/mol. The molecule has 1 aromatic rings. The van der Waals surface area contributed by atoms with Gasteiger partial charge in [-0.3, -0.25) is 0 Å². The van der Waals surface area contributed by atoms with Crippen LogP contribution in [0.2, 0.25) is 0 Å². The van der Waals surface area contributed by atoms with E-state index in [0.29, 0.717) is 5.30 Å². The molecule has 2 unspecified atom stereocenters. The first-order valence-corrected chi connectivity index (χ1v) is 6.14. The lowest BCUT2D eigenvalue weighted by molar-refractivity contribution is 0.589. The Bertz CT molecular complexity index is 365. The van der Waals surface area contributed by atoms with Gasteiger partial charge in [-0.1, -0.05) is 0 Å². The van der Waals surface area contributed by atoms with Gasteiger partial charge in [0.1, 0.15) is 5.82 Å². The maximum Gasteiger partial charge on any atom is 0.131 e. The summed E-state index contributed by atoms with van der Waals surface area (Å²) in [5, 5.41) is 4.87. The molecule has 2 nitrogen and oxygen atoms in total. The van der Waals surface area contributed by atoms with Gasteiger partial charge in [0.15, 0.2) is 0 Å². The summed E-state index contributed by atoms with van der Waals surface area (Å²) in [5.41, 5.74) is 1.12.